The number of hydrogen-bond donors (Lipinski definition) is 1. The van der Waals surface area contributed by atoms with E-state index in [9.17, 15) is 0 Å². The molecule has 0 bridgehead atoms. The van der Waals surface area contributed by atoms with Crippen LogP contribution in [0.15, 0.2) is 84.1 Å². The predicted molar refractivity (Wildman–Crippen MR) is 136 cm³/mol. The van der Waals surface area contributed by atoms with Crippen molar-refractivity contribution < 1.29 is 0 Å². The maximum atomic E-state index is 6.39. The van der Waals surface area contributed by atoms with Gasteiger partial charge in [0.05, 0.1) is 55.4 Å². The third-order valence-electron chi connectivity index (χ3n) is 5.20. The summed E-state index contributed by atoms with van der Waals surface area (Å²) < 4.78 is 2.15. The number of rotatable bonds is 4. The Morgan fingerprint density at radius 2 is 1.79 bits per heavy atom. The second kappa shape index (κ2) is 8.85. The fourth-order valence-corrected chi connectivity index (χ4v) is 4.11. The molecule has 3 aromatic rings. The number of halogens is 2. The summed E-state index contributed by atoms with van der Waals surface area (Å²) in [6.45, 7) is 4.12. The van der Waals surface area contributed by atoms with Gasteiger partial charge >= 0.3 is 0 Å². The summed E-state index contributed by atoms with van der Waals surface area (Å²) in [6, 6.07) is 21.8. The second-order valence-electron chi connectivity index (χ2n) is 7.98. The summed E-state index contributed by atoms with van der Waals surface area (Å²) in [4.78, 5) is 14.0. The van der Waals surface area contributed by atoms with Crippen LogP contribution in [0.2, 0.25) is 10.0 Å². The summed E-state index contributed by atoms with van der Waals surface area (Å²) in [5, 5.41) is 5.30. The van der Waals surface area contributed by atoms with Crippen molar-refractivity contribution in [3.8, 4) is 17.1 Å². The molecule has 164 valence electrons. The summed E-state index contributed by atoms with van der Waals surface area (Å²) in [5.41, 5.74) is 6.24. The molecule has 0 fully saturated rings. The minimum absolute atomic E-state index is 0.115. The Hall–Kier alpha value is -3.41. The molecule has 1 aliphatic carbocycles. The van der Waals surface area contributed by atoms with E-state index in [1.807, 2.05) is 60.7 Å². The number of para-hydroxylation sites is 2. The van der Waals surface area contributed by atoms with Crippen molar-refractivity contribution in [1.29, 1.82) is 0 Å². The maximum absolute atomic E-state index is 6.39. The van der Waals surface area contributed by atoms with Gasteiger partial charge in [0.25, 0.3) is 0 Å². The Bertz CT molecular complexity index is 1490. The molecule has 1 aliphatic heterocycles. The Morgan fingerprint density at radius 1 is 0.939 bits per heavy atom. The van der Waals surface area contributed by atoms with Gasteiger partial charge < -0.3 is 9.88 Å². The number of nitrogens with one attached hydrogen (secondary N) is 1. The van der Waals surface area contributed by atoms with Crippen LogP contribution in [0, 0.1) is 0 Å². The lowest BCUT2D eigenvalue weighted by Gasteiger charge is -2.20. The summed E-state index contributed by atoms with van der Waals surface area (Å²) >= 11 is 12.6. The fraction of sp³-hybridized carbons (Fsp3) is 0.115. The van der Waals surface area contributed by atoms with Crippen molar-refractivity contribution >= 4 is 45.6 Å². The van der Waals surface area contributed by atoms with Crippen LogP contribution in [0.5, 0.6) is 0 Å². The lowest BCUT2D eigenvalue weighted by Crippen LogP contribution is -2.16. The summed E-state index contributed by atoms with van der Waals surface area (Å²) in [5.74, 6) is 0. The third-order valence-corrected chi connectivity index (χ3v) is 5.94. The van der Waals surface area contributed by atoms with Gasteiger partial charge in [-0.05, 0) is 68.4 Å². The first kappa shape index (κ1) is 21.4. The molecule has 1 aromatic heterocycles. The van der Waals surface area contributed by atoms with Crippen LogP contribution < -0.4 is 10.7 Å². The van der Waals surface area contributed by atoms with E-state index in [1.54, 1.807) is 12.4 Å². The highest BCUT2D eigenvalue weighted by molar-refractivity contribution is 6.42. The van der Waals surface area contributed by atoms with E-state index in [4.69, 9.17) is 33.2 Å². The quantitative estimate of drug-likeness (QED) is 0.289. The van der Waals surface area contributed by atoms with Gasteiger partial charge in [-0.25, -0.2) is 4.98 Å². The van der Waals surface area contributed by atoms with Crippen molar-refractivity contribution in [1.82, 2.24) is 14.5 Å². The standard InChI is InChI=1S/C26H21Cl2N5/c1-16(2)30-23-14-26-24(13-22(23)31-17-6-5-11-29-15-17)32-21-7-3-4-8-25(21)33(26)18-9-10-19(27)20(28)12-18/h3-16,31H,1-2H3/b30-23+. The Labute approximate surface area is 201 Å². The smallest absolute Gasteiger partial charge is 0.0900 e. The topological polar surface area (TPSA) is 55.1 Å². The van der Waals surface area contributed by atoms with Crippen LogP contribution in [0.1, 0.15) is 13.8 Å². The first-order chi connectivity index (χ1) is 16.0. The van der Waals surface area contributed by atoms with Crippen molar-refractivity contribution in [3.63, 3.8) is 0 Å². The summed E-state index contributed by atoms with van der Waals surface area (Å²) in [7, 11) is 0. The molecule has 7 heteroatoms. The fourth-order valence-electron chi connectivity index (χ4n) is 3.82. The van der Waals surface area contributed by atoms with Crippen LogP contribution in [0.3, 0.4) is 0 Å². The molecule has 2 aromatic carbocycles. The van der Waals surface area contributed by atoms with E-state index < -0.39 is 0 Å². The van der Waals surface area contributed by atoms with Gasteiger partial charge in [-0.2, -0.15) is 0 Å². The molecule has 0 amide bonds. The first-order valence-corrected chi connectivity index (χ1v) is 11.4. The van der Waals surface area contributed by atoms with E-state index in [2.05, 4.69) is 34.8 Å². The van der Waals surface area contributed by atoms with Crippen molar-refractivity contribution in [3.05, 3.63) is 94.5 Å². The molecule has 33 heavy (non-hydrogen) atoms. The molecule has 5 rings (SSSR count). The van der Waals surface area contributed by atoms with Crippen molar-refractivity contribution in [2.24, 2.45) is 4.99 Å². The number of fused-ring (bicyclic) bond motifs is 2. The van der Waals surface area contributed by atoms with Crippen LogP contribution in [-0.2, 0) is 0 Å². The Kier molecular flexibility index (Phi) is 5.75. The molecule has 2 aliphatic rings. The number of hydrogen-bond acceptors (Lipinski definition) is 4. The highest BCUT2D eigenvalue weighted by Crippen LogP contribution is 2.32. The molecule has 5 nitrogen and oxygen atoms in total. The first-order valence-electron chi connectivity index (χ1n) is 10.6. The van der Waals surface area contributed by atoms with E-state index >= 15 is 0 Å². The van der Waals surface area contributed by atoms with Crippen molar-refractivity contribution in [2.45, 2.75) is 19.9 Å². The van der Waals surface area contributed by atoms with Gasteiger partial charge in [-0.1, -0.05) is 35.3 Å². The van der Waals surface area contributed by atoms with Gasteiger partial charge in [0, 0.05) is 17.9 Å². The Morgan fingerprint density at radius 3 is 2.55 bits per heavy atom. The number of pyridine rings is 1. The van der Waals surface area contributed by atoms with E-state index in [0.717, 1.165) is 44.8 Å². The van der Waals surface area contributed by atoms with Crippen LogP contribution in [0.25, 0.3) is 28.1 Å². The molecule has 0 radical (unpaired) electrons. The Balaban J connectivity index is 1.84. The zero-order valence-corrected chi connectivity index (χ0v) is 19.6. The normalized spacial score (nSPS) is 12.1. The molecular formula is C26H21Cl2N5. The molecule has 1 N–H and O–H groups in total. The predicted octanol–water partition coefficient (Wildman–Crippen LogP) is 6.88. The minimum atomic E-state index is 0.115. The molecule has 2 heterocycles. The largest absolute Gasteiger partial charge is 0.352 e. The van der Waals surface area contributed by atoms with Gasteiger partial charge in [0.15, 0.2) is 0 Å². The van der Waals surface area contributed by atoms with E-state index in [0.29, 0.717) is 10.0 Å². The van der Waals surface area contributed by atoms with Crippen molar-refractivity contribution in [2.75, 3.05) is 5.32 Å². The third kappa shape index (κ3) is 4.30. The zero-order chi connectivity index (χ0) is 22.9. The monoisotopic (exact) mass is 473 g/mol. The number of aromatic nitrogens is 3. The average Bonchev–Trinajstić information content (AvgIpc) is 2.80. The number of anilines is 2. The lowest BCUT2D eigenvalue weighted by atomic mass is 10.1. The van der Waals surface area contributed by atoms with Crippen LogP contribution in [-0.4, -0.2) is 20.6 Å². The molecule has 0 saturated carbocycles. The number of benzene rings is 3. The zero-order valence-electron chi connectivity index (χ0n) is 18.1. The lowest BCUT2D eigenvalue weighted by molar-refractivity contribution is 0.806. The highest BCUT2D eigenvalue weighted by Gasteiger charge is 2.17. The SMILES string of the molecule is CC(C)/N=c1\cc2n(-c3ccc(Cl)c(Cl)c3)c3ccccc3nc-2cc1Nc1cccnc1. The molecule has 0 saturated heterocycles. The molecule has 0 unspecified atom stereocenters. The minimum Gasteiger partial charge on any atom is -0.352 e. The van der Waals surface area contributed by atoms with Gasteiger partial charge in [-0.3, -0.25) is 9.98 Å². The maximum Gasteiger partial charge on any atom is 0.0900 e. The van der Waals surface area contributed by atoms with Crippen LogP contribution in [0.4, 0.5) is 11.4 Å². The number of nitrogens with zero attached hydrogens (tertiary/aromatic N) is 4. The highest BCUT2D eigenvalue weighted by atomic mass is 35.5. The summed E-state index contributed by atoms with van der Waals surface area (Å²) in [6.07, 6.45) is 3.53. The van der Waals surface area contributed by atoms with E-state index in [1.165, 1.54) is 0 Å². The van der Waals surface area contributed by atoms with Gasteiger partial charge in [0.2, 0.25) is 0 Å². The molecule has 0 spiro atoms. The van der Waals surface area contributed by atoms with Crippen LogP contribution >= 0.6 is 23.2 Å². The molecule has 0 atom stereocenters. The average molecular weight is 474 g/mol. The van der Waals surface area contributed by atoms with Gasteiger partial charge in [0.1, 0.15) is 0 Å². The van der Waals surface area contributed by atoms with Gasteiger partial charge in [-0.15, -0.1) is 0 Å². The molecular weight excluding hydrogens is 453 g/mol. The van der Waals surface area contributed by atoms with E-state index in [-0.39, 0.29) is 6.04 Å². The second-order valence-corrected chi connectivity index (χ2v) is 8.80.